The fourth-order valence-corrected chi connectivity index (χ4v) is 1.54. The predicted molar refractivity (Wildman–Crippen MR) is 96.2 cm³/mol. The van der Waals surface area contributed by atoms with Crippen molar-refractivity contribution in [3.8, 4) is 5.75 Å². The van der Waals surface area contributed by atoms with Gasteiger partial charge < -0.3 is 15.4 Å². The van der Waals surface area contributed by atoms with Gasteiger partial charge >= 0.3 is 0 Å². The van der Waals surface area contributed by atoms with Crippen molar-refractivity contribution in [2.24, 2.45) is 4.99 Å². The minimum Gasteiger partial charge on any atom is -0.492 e. The van der Waals surface area contributed by atoms with Crippen LogP contribution in [0.4, 0.5) is 4.39 Å². The van der Waals surface area contributed by atoms with Crippen LogP contribution in [0.5, 0.6) is 5.75 Å². The lowest BCUT2D eigenvalue weighted by atomic mass is 10.1. The molecule has 0 bridgehead atoms. The van der Waals surface area contributed by atoms with E-state index in [1.807, 2.05) is 6.92 Å². The fourth-order valence-electron chi connectivity index (χ4n) is 1.54. The molecule has 4 nitrogen and oxygen atoms in total. The van der Waals surface area contributed by atoms with Crippen molar-refractivity contribution < 1.29 is 9.13 Å². The number of nitrogens with one attached hydrogen (secondary N) is 2. The molecule has 0 saturated heterocycles. The van der Waals surface area contributed by atoms with E-state index in [1.54, 1.807) is 12.1 Å². The van der Waals surface area contributed by atoms with E-state index in [1.165, 1.54) is 12.1 Å². The maximum Gasteiger partial charge on any atom is 0.191 e. The lowest BCUT2D eigenvalue weighted by Crippen LogP contribution is -2.47. The Bertz CT molecular complexity index is 447. The summed E-state index contributed by atoms with van der Waals surface area (Å²) in [4.78, 5) is 4.41. The molecule has 2 N–H and O–H groups in total. The van der Waals surface area contributed by atoms with Crippen molar-refractivity contribution in [1.82, 2.24) is 10.6 Å². The van der Waals surface area contributed by atoms with Gasteiger partial charge in [0, 0.05) is 18.2 Å². The molecule has 0 atom stereocenters. The first-order chi connectivity index (χ1) is 9.40. The van der Waals surface area contributed by atoms with E-state index < -0.39 is 0 Å². The highest BCUT2D eigenvalue weighted by atomic mass is 127. The number of ether oxygens (including phenoxy) is 1. The molecule has 1 aromatic rings. The number of aliphatic imine (C=N–C) groups is 1. The van der Waals surface area contributed by atoms with E-state index >= 15 is 0 Å². The fraction of sp³-hybridized carbons (Fsp3) is 0.533. The van der Waals surface area contributed by atoms with Crippen molar-refractivity contribution in [2.45, 2.75) is 33.2 Å². The van der Waals surface area contributed by atoms with E-state index in [2.05, 4.69) is 36.4 Å². The second-order valence-corrected chi connectivity index (χ2v) is 5.44. The summed E-state index contributed by atoms with van der Waals surface area (Å²) in [5.74, 6) is 0.977. The van der Waals surface area contributed by atoms with Gasteiger partial charge in [-0.05, 0) is 39.8 Å². The Morgan fingerprint density at radius 1 is 1.33 bits per heavy atom. The van der Waals surface area contributed by atoms with Gasteiger partial charge in [-0.1, -0.05) is 6.07 Å². The van der Waals surface area contributed by atoms with E-state index in [9.17, 15) is 4.39 Å². The van der Waals surface area contributed by atoms with E-state index in [0.717, 1.165) is 12.5 Å². The molecule has 0 heterocycles. The molecular formula is C15H25FIN3O. The third kappa shape index (κ3) is 9.49. The Hall–Kier alpha value is -1.05. The molecule has 0 aliphatic heterocycles. The number of guanidine groups is 1. The molecule has 0 unspecified atom stereocenters. The quantitative estimate of drug-likeness (QED) is 0.340. The second-order valence-electron chi connectivity index (χ2n) is 5.44. The molecule has 0 saturated carbocycles. The lowest BCUT2D eigenvalue weighted by Gasteiger charge is -2.23. The van der Waals surface area contributed by atoms with Crippen LogP contribution in [0.15, 0.2) is 29.3 Å². The van der Waals surface area contributed by atoms with Crippen molar-refractivity contribution in [3.63, 3.8) is 0 Å². The molecule has 0 aliphatic carbocycles. The summed E-state index contributed by atoms with van der Waals surface area (Å²) < 4.78 is 18.4. The molecule has 1 rings (SSSR count). The van der Waals surface area contributed by atoms with Gasteiger partial charge in [0.1, 0.15) is 18.2 Å². The molecule has 0 aliphatic rings. The monoisotopic (exact) mass is 409 g/mol. The van der Waals surface area contributed by atoms with Gasteiger partial charge in [0.25, 0.3) is 0 Å². The Balaban J connectivity index is 0.00000400. The largest absolute Gasteiger partial charge is 0.492 e. The number of nitrogens with zero attached hydrogens (tertiary/aromatic N) is 1. The van der Waals surface area contributed by atoms with Crippen LogP contribution in [0, 0.1) is 5.82 Å². The van der Waals surface area contributed by atoms with Gasteiger partial charge in [-0.2, -0.15) is 0 Å². The predicted octanol–water partition coefficient (Wildman–Crippen LogP) is 3.18. The molecule has 1 aromatic carbocycles. The number of rotatable bonds is 5. The van der Waals surface area contributed by atoms with E-state index in [-0.39, 0.29) is 35.3 Å². The van der Waals surface area contributed by atoms with Crippen LogP contribution in [0.1, 0.15) is 27.7 Å². The van der Waals surface area contributed by atoms with Gasteiger partial charge in [-0.3, -0.25) is 0 Å². The van der Waals surface area contributed by atoms with Gasteiger partial charge in [0.15, 0.2) is 5.96 Å². The zero-order valence-electron chi connectivity index (χ0n) is 13.1. The van der Waals surface area contributed by atoms with Crippen molar-refractivity contribution in [3.05, 3.63) is 30.1 Å². The third-order valence-electron chi connectivity index (χ3n) is 2.26. The van der Waals surface area contributed by atoms with E-state index in [0.29, 0.717) is 18.9 Å². The SMILES string of the molecule is CCNC(=NCCOc1cccc(F)c1)NC(C)(C)C.I. The average molecular weight is 409 g/mol. The van der Waals surface area contributed by atoms with Gasteiger partial charge in [-0.15, -0.1) is 24.0 Å². The molecule has 0 fully saturated rings. The second kappa shape index (κ2) is 9.81. The highest BCUT2D eigenvalue weighted by Crippen LogP contribution is 2.11. The summed E-state index contributed by atoms with van der Waals surface area (Å²) in [5, 5.41) is 6.46. The van der Waals surface area contributed by atoms with Crippen molar-refractivity contribution >= 4 is 29.9 Å². The zero-order valence-corrected chi connectivity index (χ0v) is 15.4. The third-order valence-corrected chi connectivity index (χ3v) is 2.26. The maximum atomic E-state index is 13.0. The number of benzene rings is 1. The standard InChI is InChI=1S/C15H24FN3O.HI/c1-5-17-14(19-15(2,3)4)18-9-10-20-13-8-6-7-12(16)11-13;/h6-8,11H,5,9-10H2,1-4H3,(H2,17,18,19);1H. The van der Waals surface area contributed by atoms with Crippen molar-refractivity contribution in [2.75, 3.05) is 19.7 Å². The van der Waals surface area contributed by atoms with Crippen LogP contribution in [0.2, 0.25) is 0 Å². The summed E-state index contributed by atoms with van der Waals surface area (Å²) in [5.41, 5.74) is -0.0512. The Labute approximate surface area is 143 Å². The normalized spacial score (nSPS) is 11.6. The van der Waals surface area contributed by atoms with Gasteiger partial charge in [0.05, 0.1) is 6.54 Å². The van der Waals surface area contributed by atoms with Crippen LogP contribution in [-0.4, -0.2) is 31.2 Å². The molecule has 0 aromatic heterocycles. The summed E-state index contributed by atoms with van der Waals surface area (Å²) in [6.45, 7) is 9.94. The van der Waals surface area contributed by atoms with Gasteiger partial charge in [-0.25, -0.2) is 9.38 Å². The highest BCUT2D eigenvalue weighted by molar-refractivity contribution is 14.0. The van der Waals surface area contributed by atoms with Crippen LogP contribution in [-0.2, 0) is 0 Å². The first-order valence-electron chi connectivity index (χ1n) is 6.85. The number of hydrogen-bond acceptors (Lipinski definition) is 2. The average Bonchev–Trinajstić information content (AvgIpc) is 2.33. The summed E-state index contributed by atoms with van der Waals surface area (Å²) >= 11 is 0. The minimum absolute atomic E-state index is 0. The topological polar surface area (TPSA) is 45.7 Å². The lowest BCUT2D eigenvalue weighted by molar-refractivity contribution is 0.326. The van der Waals surface area contributed by atoms with Crippen LogP contribution in [0.3, 0.4) is 0 Å². The molecule has 21 heavy (non-hydrogen) atoms. The smallest absolute Gasteiger partial charge is 0.191 e. The Morgan fingerprint density at radius 2 is 2.05 bits per heavy atom. The van der Waals surface area contributed by atoms with E-state index in [4.69, 9.17) is 4.74 Å². The van der Waals surface area contributed by atoms with Crippen LogP contribution >= 0.6 is 24.0 Å². The first kappa shape index (κ1) is 19.9. The maximum absolute atomic E-state index is 13.0. The van der Waals surface area contributed by atoms with Crippen LogP contribution < -0.4 is 15.4 Å². The number of hydrogen-bond donors (Lipinski definition) is 2. The Kier molecular flexibility index (Phi) is 9.32. The number of halogens is 2. The first-order valence-corrected chi connectivity index (χ1v) is 6.85. The summed E-state index contributed by atoms with van der Waals surface area (Å²) in [6.07, 6.45) is 0. The summed E-state index contributed by atoms with van der Waals surface area (Å²) in [7, 11) is 0. The van der Waals surface area contributed by atoms with Crippen molar-refractivity contribution in [1.29, 1.82) is 0 Å². The van der Waals surface area contributed by atoms with Gasteiger partial charge in [0.2, 0.25) is 0 Å². The molecule has 120 valence electrons. The minimum atomic E-state index is -0.297. The zero-order chi connectivity index (χ0) is 15.0. The molecule has 0 radical (unpaired) electrons. The molecule has 6 heteroatoms. The Morgan fingerprint density at radius 3 is 2.62 bits per heavy atom. The molecule has 0 amide bonds. The highest BCUT2D eigenvalue weighted by Gasteiger charge is 2.11. The molecular weight excluding hydrogens is 384 g/mol. The summed E-state index contributed by atoms with van der Waals surface area (Å²) in [6, 6.07) is 6.11. The van der Waals surface area contributed by atoms with Crippen LogP contribution in [0.25, 0.3) is 0 Å². The molecule has 0 spiro atoms.